The van der Waals surface area contributed by atoms with Crippen LogP contribution >= 0.6 is 0 Å². The van der Waals surface area contributed by atoms with Crippen LogP contribution in [0.25, 0.3) is 0 Å². The normalized spacial score (nSPS) is 21.5. The molecule has 2 amide bonds. The van der Waals surface area contributed by atoms with Gasteiger partial charge < -0.3 is 15.5 Å². The second-order valence-electron chi connectivity index (χ2n) is 5.11. The van der Waals surface area contributed by atoms with Crippen LogP contribution < -0.4 is 10.6 Å². The van der Waals surface area contributed by atoms with Crippen LogP contribution in [-0.4, -0.2) is 42.1 Å². The maximum absolute atomic E-state index is 12.0. The van der Waals surface area contributed by atoms with Crippen molar-refractivity contribution in [3.05, 3.63) is 0 Å². The number of carbonyl (C=O) groups excluding carboxylic acids is 1. The van der Waals surface area contributed by atoms with Gasteiger partial charge in [-0.15, -0.1) is 0 Å². The average Bonchev–Trinajstić information content (AvgIpc) is 2.54. The topological polar surface area (TPSA) is 44.4 Å². The van der Waals surface area contributed by atoms with E-state index in [9.17, 15) is 4.79 Å². The van der Waals surface area contributed by atoms with E-state index < -0.39 is 0 Å². The van der Waals surface area contributed by atoms with Crippen molar-refractivity contribution in [3.63, 3.8) is 0 Å². The SMILES string of the molecule is CCN(C(=O)NC(C)(C)C)C1CCNC1. The minimum atomic E-state index is -0.156. The number of amides is 2. The molecule has 4 nitrogen and oxygen atoms in total. The van der Waals surface area contributed by atoms with Crippen LogP contribution in [0.5, 0.6) is 0 Å². The Balaban J connectivity index is 2.53. The first-order chi connectivity index (χ1) is 6.94. The number of carbonyl (C=O) groups is 1. The maximum Gasteiger partial charge on any atom is 0.318 e. The molecule has 1 aliphatic rings. The summed E-state index contributed by atoms with van der Waals surface area (Å²) in [6, 6.07) is 0.413. The number of nitrogens with one attached hydrogen (secondary N) is 2. The highest BCUT2D eigenvalue weighted by molar-refractivity contribution is 5.75. The van der Waals surface area contributed by atoms with E-state index in [0.717, 1.165) is 26.1 Å². The summed E-state index contributed by atoms with van der Waals surface area (Å²) in [5.74, 6) is 0. The van der Waals surface area contributed by atoms with E-state index in [2.05, 4.69) is 10.6 Å². The molecule has 4 heteroatoms. The maximum atomic E-state index is 12.0. The predicted molar refractivity (Wildman–Crippen MR) is 61.9 cm³/mol. The molecule has 2 N–H and O–H groups in total. The molecule has 15 heavy (non-hydrogen) atoms. The number of urea groups is 1. The quantitative estimate of drug-likeness (QED) is 0.723. The molecule has 1 unspecified atom stereocenters. The van der Waals surface area contributed by atoms with Crippen LogP contribution in [0.2, 0.25) is 0 Å². The number of hydrogen-bond donors (Lipinski definition) is 2. The van der Waals surface area contributed by atoms with E-state index in [4.69, 9.17) is 0 Å². The van der Waals surface area contributed by atoms with Gasteiger partial charge >= 0.3 is 6.03 Å². The van der Waals surface area contributed by atoms with Gasteiger partial charge in [-0.2, -0.15) is 0 Å². The van der Waals surface area contributed by atoms with Crippen molar-refractivity contribution < 1.29 is 4.79 Å². The summed E-state index contributed by atoms with van der Waals surface area (Å²) in [5, 5.41) is 6.29. The standard InChI is InChI=1S/C11H23N3O/c1-5-14(9-6-7-12-8-9)10(15)13-11(2,3)4/h9,12H,5-8H2,1-4H3,(H,13,15). The first-order valence-corrected chi connectivity index (χ1v) is 5.73. The van der Waals surface area contributed by atoms with Crippen molar-refractivity contribution in [2.45, 2.75) is 45.7 Å². The Hall–Kier alpha value is -0.770. The molecule has 0 spiro atoms. The Bertz CT molecular complexity index is 216. The minimum absolute atomic E-state index is 0.0544. The van der Waals surface area contributed by atoms with Gasteiger partial charge in [0, 0.05) is 24.7 Å². The zero-order valence-corrected chi connectivity index (χ0v) is 10.3. The van der Waals surface area contributed by atoms with E-state index >= 15 is 0 Å². The molecule has 88 valence electrons. The molecule has 0 aromatic carbocycles. The fourth-order valence-electron chi connectivity index (χ4n) is 1.87. The minimum Gasteiger partial charge on any atom is -0.333 e. The summed E-state index contributed by atoms with van der Waals surface area (Å²) in [4.78, 5) is 13.9. The van der Waals surface area contributed by atoms with Crippen LogP contribution in [0.15, 0.2) is 0 Å². The number of rotatable bonds is 2. The van der Waals surface area contributed by atoms with E-state index in [1.807, 2.05) is 32.6 Å². The third-order valence-electron chi connectivity index (χ3n) is 2.56. The van der Waals surface area contributed by atoms with Gasteiger partial charge in [0.05, 0.1) is 0 Å². The lowest BCUT2D eigenvalue weighted by atomic mass is 10.1. The molecule has 1 rings (SSSR count). The van der Waals surface area contributed by atoms with Crippen LogP contribution in [0.1, 0.15) is 34.1 Å². The Morgan fingerprint density at radius 1 is 1.53 bits per heavy atom. The first-order valence-electron chi connectivity index (χ1n) is 5.73. The third kappa shape index (κ3) is 3.70. The largest absolute Gasteiger partial charge is 0.333 e. The van der Waals surface area contributed by atoms with Crippen molar-refractivity contribution in [2.75, 3.05) is 19.6 Å². The fourth-order valence-corrected chi connectivity index (χ4v) is 1.87. The van der Waals surface area contributed by atoms with Gasteiger partial charge in [0.1, 0.15) is 0 Å². The van der Waals surface area contributed by atoms with Gasteiger partial charge in [0.25, 0.3) is 0 Å². The molecule has 0 aromatic heterocycles. The van der Waals surface area contributed by atoms with E-state index in [1.54, 1.807) is 0 Å². The van der Waals surface area contributed by atoms with Gasteiger partial charge in [-0.1, -0.05) is 0 Å². The average molecular weight is 213 g/mol. The van der Waals surface area contributed by atoms with Crippen molar-refractivity contribution in [2.24, 2.45) is 0 Å². The van der Waals surface area contributed by atoms with Crippen molar-refractivity contribution in [1.82, 2.24) is 15.5 Å². The molecule has 1 saturated heterocycles. The Morgan fingerprint density at radius 3 is 2.60 bits per heavy atom. The van der Waals surface area contributed by atoms with Gasteiger partial charge in [-0.05, 0) is 40.7 Å². The molecule has 0 radical (unpaired) electrons. The second kappa shape index (κ2) is 4.84. The lowest BCUT2D eigenvalue weighted by Gasteiger charge is -2.31. The van der Waals surface area contributed by atoms with Crippen LogP contribution in [0, 0.1) is 0 Å². The zero-order chi connectivity index (χ0) is 11.5. The third-order valence-corrected chi connectivity index (χ3v) is 2.56. The highest BCUT2D eigenvalue weighted by Crippen LogP contribution is 2.10. The number of hydrogen-bond acceptors (Lipinski definition) is 2. The zero-order valence-electron chi connectivity index (χ0n) is 10.3. The lowest BCUT2D eigenvalue weighted by molar-refractivity contribution is 0.173. The molecule has 0 saturated carbocycles. The second-order valence-corrected chi connectivity index (χ2v) is 5.11. The summed E-state index contributed by atoms with van der Waals surface area (Å²) in [6.07, 6.45) is 1.06. The predicted octanol–water partition coefficient (Wildman–Crippen LogP) is 1.18. The smallest absolute Gasteiger partial charge is 0.318 e. The number of nitrogens with zero attached hydrogens (tertiary/aromatic N) is 1. The summed E-state index contributed by atoms with van der Waals surface area (Å²) >= 11 is 0. The Kier molecular flexibility index (Phi) is 3.97. The van der Waals surface area contributed by atoms with Crippen molar-refractivity contribution in [1.29, 1.82) is 0 Å². The Morgan fingerprint density at radius 2 is 2.20 bits per heavy atom. The highest BCUT2D eigenvalue weighted by Gasteiger charge is 2.27. The fraction of sp³-hybridized carbons (Fsp3) is 0.909. The first kappa shape index (κ1) is 12.3. The molecule has 0 bridgehead atoms. The molecular weight excluding hydrogens is 190 g/mol. The molecular formula is C11H23N3O. The summed E-state index contributed by atoms with van der Waals surface area (Å²) < 4.78 is 0. The lowest BCUT2D eigenvalue weighted by Crippen LogP contribution is -2.52. The molecule has 1 fully saturated rings. The van der Waals surface area contributed by atoms with Crippen molar-refractivity contribution in [3.8, 4) is 0 Å². The Labute approximate surface area is 92.4 Å². The molecule has 0 aliphatic carbocycles. The van der Waals surface area contributed by atoms with Gasteiger partial charge in [-0.25, -0.2) is 4.79 Å². The van der Waals surface area contributed by atoms with E-state index in [-0.39, 0.29) is 11.6 Å². The van der Waals surface area contributed by atoms with Gasteiger partial charge in [0.2, 0.25) is 0 Å². The number of likely N-dealkylation sites (N-methyl/N-ethyl adjacent to an activating group) is 1. The van der Waals surface area contributed by atoms with Crippen LogP contribution in [-0.2, 0) is 0 Å². The summed E-state index contributed by atoms with van der Waals surface area (Å²) in [5.41, 5.74) is -0.156. The molecule has 1 aliphatic heterocycles. The van der Waals surface area contributed by atoms with Gasteiger partial charge in [-0.3, -0.25) is 0 Å². The molecule has 1 heterocycles. The monoisotopic (exact) mass is 213 g/mol. The van der Waals surface area contributed by atoms with Crippen LogP contribution in [0.4, 0.5) is 4.79 Å². The van der Waals surface area contributed by atoms with Crippen LogP contribution in [0.3, 0.4) is 0 Å². The summed E-state index contributed by atoms with van der Waals surface area (Å²) in [6.45, 7) is 10.8. The molecule has 1 atom stereocenters. The van der Waals surface area contributed by atoms with E-state index in [0.29, 0.717) is 6.04 Å². The molecule has 0 aromatic rings. The van der Waals surface area contributed by atoms with Crippen molar-refractivity contribution >= 4 is 6.03 Å². The van der Waals surface area contributed by atoms with Gasteiger partial charge in [0.15, 0.2) is 0 Å². The highest BCUT2D eigenvalue weighted by atomic mass is 16.2. The van der Waals surface area contributed by atoms with E-state index in [1.165, 1.54) is 0 Å². The summed E-state index contributed by atoms with van der Waals surface area (Å²) in [7, 11) is 0.